The first-order valence-corrected chi connectivity index (χ1v) is 8.54. The van der Waals surface area contributed by atoms with Crippen LogP contribution in [0.5, 0.6) is 0 Å². The molecule has 0 aromatic heterocycles. The van der Waals surface area contributed by atoms with E-state index in [1.165, 1.54) is 0 Å². The summed E-state index contributed by atoms with van der Waals surface area (Å²) in [6.45, 7) is 8.04. The zero-order valence-corrected chi connectivity index (χ0v) is 15.4. The van der Waals surface area contributed by atoms with Gasteiger partial charge in [-0.3, -0.25) is 4.79 Å². The molecule has 1 saturated carbocycles. The van der Waals surface area contributed by atoms with E-state index >= 15 is 0 Å². The summed E-state index contributed by atoms with van der Waals surface area (Å²) in [4.78, 5) is 25.4. The number of ether oxygens (including phenoxy) is 1. The molecule has 0 saturated heterocycles. The van der Waals surface area contributed by atoms with Crippen LogP contribution in [0.2, 0.25) is 0 Å². The number of hydrogen-bond acceptors (Lipinski definition) is 4. The summed E-state index contributed by atoms with van der Waals surface area (Å²) >= 11 is 0. The third kappa shape index (κ3) is 7.20. The molecule has 134 valence electrons. The van der Waals surface area contributed by atoms with Crippen molar-refractivity contribution in [3.63, 3.8) is 0 Å². The second-order valence-corrected chi connectivity index (χ2v) is 7.65. The van der Waals surface area contributed by atoms with Crippen molar-refractivity contribution < 1.29 is 14.3 Å². The molecular formula is C17H33N3O3. The fraction of sp³-hybridized carbons (Fsp3) is 0.882. The number of amides is 2. The molecule has 0 aliphatic heterocycles. The van der Waals surface area contributed by atoms with Gasteiger partial charge in [0.1, 0.15) is 5.60 Å². The lowest BCUT2D eigenvalue weighted by atomic mass is 9.84. The maximum atomic E-state index is 12.0. The zero-order chi connectivity index (χ0) is 17.6. The molecule has 2 amide bonds. The summed E-state index contributed by atoms with van der Waals surface area (Å²) in [5, 5.41) is 6.31. The molecule has 3 atom stereocenters. The molecule has 23 heavy (non-hydrogen) atoms. The van der Waals surface area contributed by atoms with E-state index in [1.807, 2.05) is 27.7 Å². The maximum absolute atomic E-state index is 12.0. The first kappa shape index (κ1) is 19.7. The normalized spacial score (nSPS) is 23.0. The number of likely N-dealkylation sites (N-methyl/N-ethyl adjacent to an activating group) is 1. The van der Waals surface area contributed by atoms with Crippen LogP contribution in [0, 0.1) is 5.92 Å². The first-order valence-electron chi connectivity index (χ1n) is 8.54. The predicted octanol–water partition coefficient (Wildman–Crippen LogP) is 2.14. The second-order valence-electron chi connectivity index (χ2n) is 7.65. The van der Waals surface area contributed by atoms with Crippen LogP contribution >= 0.6 is 0 Å². The van der Waals surface area contributed by atoms with Gasteiger partial charge in [0, 0.05) is 26.7 Å². The lowest BCUT2D eigenvalue weighted by Gasteiger charge is -2.34. The molecule has 0 spiro atoms. The lowest BCUT2D eigenvalue weighted by Crippen LogP contribution is -2.51. The van der Waals surface area contributed by atoms with Crippen LogP contribution < -0.4 is 10.6 Å². The van der Waals surface area contributed by atoms with Crippen molar-refractivity contribution in [1.29, 1.82) is 0 Å². The van der Waals surface area contributed by atoms with Crippen molar-refractivity contribution in [2.75, 3.05) is 20.6 Å². The fourth-order valence-electron chi connectivity index (χ4n) is 2.98. The van der Waals surface area contributed by atoms with Gasteiger partial charge in [-0.05, 0) is 46.5 Å². The summed E-state index contributed by atoms with van der Waals surface area (Å²) in [7, 11) is 3.53. The summed E-state index contributed by atoms with van der Waals surface area (Å²) < 4.78 is 5.28. The van der Waals surface area contributed by atoms with Crippen molar-refractivity contribution in [3.05, 3.63) is 0 Å². The number of nitrogens with one attached hydrogen (secondary N) is 2. The van der Waals surface area contributed by atoms with E-state index < -0.39 is 5.60 Å². The SMILES string of the molecule is CC(NC1CCCCC1CNC(=O)OC(C)(C)C)C(=O)N(C)C. The Morgan fingerprint density at radius 2 is 1.83 bits per heavy atom. The van der Waals surface area contributed by atoms with Crippen molar-refractivity contribution in [2.24, 2.45) is 5.92 Å². The number of alkyl carbamates (subject to hydrolysis) is 1. The van der Waals surface area contributed by atoms with Gasteiger partial charge < -0.3 is 20.3 Å². The Hall–Kier alpha value is -1.30. The largest absolute Gasteiger partial charge is 0.444 e. The quantitative estimate of drug-likeness (QED) is 0.811. The third-order valence-corrected chi connectivity index (χ3v) is 4.09. The van der Waals surface area contributed by atoms with Gasteiger partial charge in [-0.25, -0.2) is 4.79 Å². The smallest absolute Gasteiger partial charge is 0.407 e. The molecule has 6 nitrogen and oxygen atoms in total. The zero-order valence-electron chi connectivity index (χ0n) is 15.4. The molecule has 0 radical (unpaired) electrons. The molecule has 1 rings (SSSR count). The van der Waals surface area contributed by atoms with Crippen LogP contribution in [0.25, 0.3) is 0 Å². The standard InChI is InChI=1S/C17H33N3O3/c1-12(15(21)20(5)6)19-14-10-8-7-9-13(14)11-18-16(22)23-17(2,3)4/h12-14,19H,7-11H2,1-6H3,(H,18,22). The minimum atomic E-state index is -0.485. The molecule has 1 aliphatic rings. The van der Waals surface area contributed by atoms with Crippen LogP contribution in [0.3, 0.4) is 0 Å². The summed E-state index contributed by atoms with van der Waals surface area (Å²) in [5.41, 5.74) is -0.485. The highest BCUT2D eigenvalue weighted by atomic mass is 16.6. The van der Waals surface area contributed by atoms with Gasteiger partial charge in [-0.15, -0.1) is 0 Å². The van der Waals surface area contributed by atoms with E-state index in [4.69, 9.17) is 4.74 Å². The Morgan fingerprint density at radius 3 is 2.39 bits per heavy atom. The predicted molar refractivity (Wildman–Crippen MR) is 91.3 cm³/mol. The van der Waals surface area contributed by atoms with Gasteiger partial charge in [0.25, 0.3) is 0 Å². The van der Waals surface area contributed by atoms with Gasteiger partial charge in [-0.1, -0.05) is 12.8 Å². The molecule has 1 aliphatic carbocycles. The molecule has 0 bridgehead atoms. The molecule has 0 heterocycles. The molecule has 6 heteroatoms. The van der Waals surface area contributed by atoms with Crippen LogP contribution in [-0.4, -0.2) is 55.2 Å². The number of carbonyl (C=O) groups excluding carboxylic acids is 2. The minimum absolute atomic E-state index is 0.0782. The minimum Gasteiger partial charge on any atom is -0.444 e. The van der Waals surface area contributed by atoms with E-state index in [0.29, 0.717) is 12.5 Å². The molecule has 1 fully saturated rings. The Labute approximate surface area is 140 Å². The molecule has 3 unspecified atom stereocenters. The van der Waals surface area contributed by atoms with E-state index in [2.05, 4.69) is 10.6 Å². The number of hydrogen-bond donors (Lipinski definition) is 2. The molecule has 0 aromatic rings. The van der Waals surface area contributed by atoms with Gasteiger partial charge >= 0.3 is 6.09 Å². The number of rotatable bonds is 5. The third-order valence-electron chi connectivity index (χ3n) is 4.09. The highest BCUT2D eigenvalue weighted by molar-refractivity contribution is 5.80. The molecular weight excluding hydrogens is 294 g/mol. The van der Waals surface area contributed by atoms with Crippen LogP contribution in [0.15, 0.2) is 0 Å². The van der Waals surface area contributed by atoms with Crippen LogP contribution in [-0.2, 0) is 9.53 Å². The highest BCUT2D eigenvalue weighted by Gasteiger charge is 2.29. The van der Waals surface area contributed by atoms with E-state index in [1.54, 1.807) is 19.0 Å². The number of nitrogens with zero attached hydrogens (tertiary/aromatic N) is 1. The van der Waals surface area contributed by atoms with Gasteiger partial charge in [0.15, 0.2) is 0 Å². The van der Waals surface area contributed by atoms with Crippen molar-refractivity contribution in [1.82, 2.24) is 15.5 Å². The second kappa shape index (κ2) is 8.52. The Kier molecular flexibility index (Phi) is 7.32. The van der Waals surface area contributed by atoms with Gasteiger partial charge in [0.05, 0.1) is 6.04 Å². The summed E-state index contributed by atoms with van der Waals surface area (Å²) in [6, 6.07) is 0.0368. The summed E-state index contributed by atoms with van der Waals surface area (Å²) in [5.74, 6) is 0.406. The Bertz CT molecular complexity index is 404. The fourth-order valence-corrected chi connectivity index (χ4v) is 2.98. The van der Waals surface area contributed by atoms with Gasteiger partial charge in [-0.2, -0.15) is 0 Å². The molecule has 0 aromatic carbocycles. The van der Waals surface area contributed by atoms with Crippen LogP contribution in [0.4, 0.5) is 4.79 Å². The van der Waals surface area contributed by atoms with E-state index in [-0.39, 0.29) is 24.1 Å². The Balaban J connectivity index is 2.51. The van der Waals surface area contributed by atoms with Crippen molar-refractivity contribution in [3.8, 4) is 0 Å². The van der Waals surface area contributed by atoms with Crippen molar-refractivity contribution >= 4 is 12.0 Å². The highest BCUT2D eigenvalue weighted by Crippen LogP contribution is 2.24. The first-order chi connectivity index (χ1) is 10.6. The van der Waals surface area contributed by atoms with Crippen LogP contribution in [0.1, 0.15) is 53.4 Å². The topological polar surface area (TPSA) is 70.7 Å². The van der Waals surface area contributed by atoms with Gasteiger partial charge in [0.2, 0.25) is 5.91 Å². The molecule has 2 N–H and O–H groups in total. The monoisotopic (exact) mass is 327 g/mol. The van der Waals surface area contributed by atoms with Crippen molar-refractivity contribution in [2.45, 2.75) is 71.1 Å². The van der Waals surface area contributed by atoms with E-state index in [0.717, 1.165) is 25.7 Å². The average molecular weight is 327 g/mol. The van der Waals surface area contributed by atoms with E-state index in [9.17, 15) is 9.59 Å². The summed E-state index contributed by atoms with van der Waals surface area (Å²) in [6.07, 6.45) is 4.03. The Morgan fingerprint density at radius 1 is 1.22 bits per heavy atom. The average Bonchev–Trinajstić information content (AvgIpc) is 2.43. The maximum Gasteiger partial charge on any atom is 0.407 e. The number of carbonyl (C=O) groups is 2. The lowest BCUT2D eigenvalue weighted by molar-refractivity contribution is -0.130.